The van der Waals surface area contributed by atoms with Gasteiger partial charge in [0.25, 0.3) is 0 Å². The molecule has 0 radical (unpaired) electrons. The van der Waals surface area contributed by atoms with Crippen LogP contribution in [-0.2, 0) is 11.2 Å². The minimum atomic E-state index is 0.143. The van der Waals surface area contributed by atoms with Gasteiger partial charge >= 0.3 is 0 Å². The molecule has 6 nitrogen and oxygen atoms in total. The van der Waals surface area contributed by atoms with Gasteiger partial charge in [0.15, 0.2) is 5.96 Å². The second-order valence-electron chi connectivity index (χ2n) is 6.86. The van der Waals surface area contributed by atoms with Crippen molar-refractivity contribution in [3.63, 3.8) is 0 Å². The van der Waals surface area contributed by atoms with E-state index in [4.69, 9.17) is 14.5 Å². The van der Waals surface area contributed by atoms with Crippen molar-refractivity contribution in [2.45, 2.75) is 32.3 Å². The fraction of sp³-hybridized carbons (Fsp3) is 0.650. The summed E-state index contributed by atoms with van der Waals surface area (Å²) in [7, 11) is 0. The van der Waals surface area contributed by atoms with Crippen molar-refractivity contribution < 1.29 is 9.47 Å². The number of para-hydroxylation sites is 1. The molecule has 2 aliphatic heterocycles. The molecule has 1 unspecified atom stereocenters. The molecule has 2 N–H and O–H groups in total. The van der Waals surface area contributed by atoms with Gasteiger partial charge in [0.1, 0.15) is 11.9 Å². The van der Waals surface area contributed by atoms with Crippen LogP contribution in [0.2, 0.25) is 0 Å². The fourth-order valence-corrected chi connectivity index (χ4v) is 3.38. The Morgan fingerprint density at radius 3 is 2.85 bits per heavy atom. The number of guanidine groups is 1. The van der Waals surface area contributed by atoms with Crippen molar-refractivity contribution in [3.8, 4) is 5.75 Å². The summed E-state index contributed by atoms with van der Waals surface area (Å²) < 4.78 is 11.4. The van der Waals surface area contributed by atoms with Crippen molar-refractivity contribution in [2.24, 2.45) is 4.99 Å². The third-order valence-corrected chi connectivity index (χ3v) is 4.81. The Hall–Kier alpha value is -1.79. The lowest BCUT2D eigenvalue weighted by Crippen LogP contribution is -2.39. The maximum absolute atomic E-state index is 5.97. The van der Waals surface area contributed by atoms with E-state index < -0.39 is 0 Å². The molecule has 26 heavy (non-hydrogen) atoms. The summed E-state index contributed by atoms with van der Waals surface area (Å²) in [6.45, 7) is 9.64. The lowest BCUT2D eigenvalue weighted by Gasteiger charge is -2.26. The lowest BCUT2D eigenvalue weighted by atomic mass is 10.1. The van der Waals surface area contributed by atoms with E-state index in [1.54, 1.807) is 0 Å². The van der Waals surface area contributed by atoms with Crippen LogP contribution in [0.25, 0.3) is 0 Å². The highest BCUT2D eigenvalue weighted by Crippen LogP contribution is 2.28. The van der Waals surface area contributed by atoms with Gasteiger partial charge < -0.3 is 20.1 Å². The summed E-state index contributed by atoms with van der Waals surface area (Å²) in [5.74, 6) is 1.90. The van der Waals surface area contributed by atoms with Crippen molar-refractivity contribution in [1.82, 2.24) is 15.5 Å². The maximum atomic E-state index is 5.97. The lowest BCUT2D eigenvalue weighted by molar-refractivity contribution is 0.0372. The highest BCUT2D eigenvalue weighted by atomic mass is 16.5. The molecule has 0 aliphatic carbocycles. The van der Waals surface area contributed by atoms with E-state index in [1.807, 2.05) is 12.1 Å². The first kappa shape index (κ1) is 19.0. The molecule has 1 aromatic carbocycles. The summed E-state index contributed by atoms with van der Waals surface area (Å²) in [6.07, 6.45) is 3.43. The van der Waals surface area contributed by atoms with Crippen molar-refractivity contribution in [3.05, 3.63) is 29.8 Å². The third-order valence-electron chi connectivity index (χ3n) is 4.81. The van der Waals surface area contributed by atoms with Crippen LogP contribution in [0.4, 0.5) is 0 Å². The van der Waals surface area contributed by atoms with E-state index in [0.717, 1.165) is 70.5 Å². The maximum Gasteiger partial charge on any atom is 0.191 e. The molecule has 0 spiro atoms. The zero-order valence-corrected chi connectivity index (χ0v) is 15.9. The van der Waals surface area contributed by atoms with Gasteiger partial charge in [0.2, 0.25) is 0 Å². The van der Waals surface area contributed by atoms with E-state index in [1.165, 1.54) is 12.0 Å². The topological polar surface area (TPSA) is 58.1 Å². The fourth-order valence-electron chi connectivity index (χ4n) is 3.38. The Morgan fingerprint density at radius 2 is 2.04 bits per heavy atom. The van der Waals surface area contributed by atoms with E-state index in [2.05, 4.69) is 34.6 Å². The first-order chi connectivity index (χ1) is 12.8. The first-order valence-corrected chi connectivity index (χ1v) is 9.92. The zero-order chi connectivity index (χ0) is 18.0. The van der Waals surface area contributed by atoms with Crippen LogP contribution >= 0.6 is 0 Å². The molecular formula is C20H32N4O2. The molecule has 3 rings (SSSR count). The van der Waals surface area contributed by atoms with Gasteiger partial charge in [-0.05, 0) is 37.9 Å². The largest absolute Gasteiger partial charge is 0.488 e. The second kappa shape index (κ2) is 10.4. The summed E-state index contributed by atoms with van der Waals surface area (Å²) in [5, 5.41) is 6.77. The normalized spacial score (nSPS) is 20.5. The average molecular weight is 361 g/mol. The number of rotatable bonds is 8. The number of nitrogens with one attached hydrogen (secondary N) is 2. The molecule has 0 bridgehead atoms. The monoisotopic (exact) mass is 360 g/mol. The predicted octanol–water partition coefficient (Wildman–Crippen LogP) is 1.66. The SMILES string of the molecule is CCNC(=NCC1Cc2ccccc2O1)NCCCCN1CCOCC1. The summed E-state index contributed by atoms with van der Waals surface area (Å²) in [4.78, 5) is 7.19. The Kier molecular flexibility index (Phi) is 7.58. The quantitative estimate of drug-likeness (QED) is 0.419. The van der Waals surface area contributed by atoms with Gasteiger partial charge in [-0.3, -0.25) is 4.90 Å². The van der Waals surface area contributed by atoms with Crippen LogP contribution in [0.5, 0.6) is 5.75 Å². The molecule has 2 heterocycles. The number of aliphatic imine (C=N–C) groups is 1. The van der Waals surface area contributed by atoms with E-state index in [-0.39, 0.29) is 6.10 Å². The predicted molar refractivity (Wildman–Crippen MR) is 105 cm³/mol. The van der Waals surface area contributed by atoms with Crippen LogP contribution in [0.1, 0.15) is 25.3 Å². The molecule has 0 saturated carbocycles. The minimum absolute atomic E-state index is 0.143. The number of morpholine rings is 1. The van der Waals surface area contributed by atoms with E-state index in [0.29, 0.717) is 6.54 Å². The zero-order valence-electron chi connectivity index (χ0n) is 15.9. The van der Waals surface area contributed by atoms with Crippen LogP contribution in [0, 0.1) is 0 Å². The van der Waals surface area contributed by atoms with Crippen molar-refractivity contribution in [2.75, 3.05) is 52.5 Å². The summed E-state index contributed by atoms with van der Waals surface area (Å²) in [5.41, 5.74) is 1.29. The number of unbranched alkanes of at least 4 members (excludes halogenated alkanes) is 1. The van der Waals surface area contributed by atoms with E-state index in [9.17, 15) is 0 Å². The van der Waals surface area contributed by atoms with Crippen LogP contribution in [0.15, 0.2) is 29.3 Å². The molecule has 2 aliphatic rings. The molecule has 0 aromatic heterocycles. The minimum Gasteiger partial charge on any atom is -0.488 e. The standard InChI is InChI=1S/C20H32N4O2/c1-2-21-20(22-9-5-6-10-24-11-13-25-14-12-24)23-16-18-15-17-7-3-4-8-19(17)26-18/h3-4,7-8,18H,2,5-6,9-16H2,1H3,(H2,21,22,23). The molecular weight excluding hydrogens is 328 g/mol. The summed E-state index contributed by atoms with van der Waals surface area (Å²) in [6, 6.07) is 8.26. The summed E-state index contributed by atoms with van der Waals surface area (Å²) >= 11 is 0. The van der Waals surface area contributed by atoms with Crippen molar-refractivity contribution in [1.29, 1.82) is 0 Å². The van der Waals surface area contributed by atoms with Gasteiger partial charge in [-0.1, -0.05) is 18.2 Å². The number of benzene rings is 1. The average Bonchev–Trinajstić information content (AvgIpc) is 3.09. The molecule has 1 fully saturated rings. The molecule has 1 atom stereocenters. The first-order valence-electron chi connectivity index (χ1n) is 9.92. The number of ether oxygens (including phenoxy) is 2. The van der Waals surface area contributed by atoms with Gasteiger partial charge in [0, 0.05) is 32.6 Å². The highest BCUT2D eigenvalue weighted by molar-refractivity contribution is 5.79. The Balaban J connectivity index is 1.34. The Morgan fingerprint density at radius 1 is 1.19 bits per heavy atom. The van der Waals surface area contributed by atoms with Crippen LogP contribution < -0.4 is 15.4 Å². The smallest absolute Gasteiger partial charge is 0.191 e. The van der Waals surface area contributed by atoms with Crippen LogP contribution in [-0.4, -0.2) is 69.4 Å². The Bertz CT molecular complexity index is 548. The molecule has 144 valence electrons. The van der Waals surface area contributed by atoms with Gasteiger partial charge in [-0.2, -0.15) is 0 Å². The number of hydrogen-bond acceptors (Lipinski definition) is 4. The molecule has 6 heteroatoms. The molecule has 1 aromatic rings. The van der Waals surface area contributed by atoms with E-state index >= 15 is 0 Å². The van der Waals surface area contributed by atoms with Gasteiger partial charge in [-0.25, -0.2) is 4.99 Å². The highest BCUT2D eigenvalue weighted by Gasteiger charge is 2.21. The van der Waals surface area contributed by atoms with Crippen LogP contribution in [0.3, 0.4) is 0 Å². The second-order valence-corrected chi connectivity index (χ2v) is 6.86. The molecule has 1 saturated heterocycles. The van der Waals surface area contributed by atoms with Crippen molar-refractivity contribution >= 4 is 5.96 Å². The number of fused-ring (bicyclic) bond motifs is 1. The molecule has 0 amide bonds. The van der Waals surface area contributed by atoms with Gasteiger partial charge in [0.05, 0.1) is 19.8 Å². The Labute approximate surface area is 157 Å². The third kappa shape index (κ3) is 5.88. The number of hydrogen-bond donors (Lipinski definition) is 2. The number of nitrogens with zero attached hydrogens (tertiary/aromatic N) is 2. The van der Waals surface area contributed by atoms with Gasteiger partial charge in [-0.15, -0.1) is 0 Å².